The average molecular weight is 368 g/mol. The molecule has 0 amide bonds. The second kappa shape index (κ2) is 6.48. The first-order valence-electron chi connectivity index (χ1n) is 9.60. The number of anilines is 1. The Labute approximate surface area is 155 Å². The van der Waals surface area contributed by atoms with Crippen LogP contribution in [0.3, 0.4) is 0 Å². The van der Waals surface area contributed by atoms with E-state index in [4.69, 9.17) is 4.42 Å². The zero-order valence-electron chi connectivity index (χ0n) is 15.0. The first-order chi connectivity index (χ1) is 13.2. The zero-order chi connectivity index (χ0) is 18.4. The maximum atomic E-state index is 13.4. The minimum absolute atomic E-state index is 0.0397. The van der Waals surface area contributed by atoms with Crippen molar-refractivity contribution in [2.75, 3.05) is 11.4 Å². The molecule has 0 radical (unpaired) electrons. The van der Waals surface area contributed by atoms with Gasteiger partial charge in [0.1, 0.15) is 11.3 Å². The van der Waals surface area contributed by atoms with Crippen LogP contribution in [-0.2, 0) is 19.4 Å². The van der Waals surface area contributed by atoms with E-state index in [2.05, 4.69) is 15.0 Å². The molecule has 1 atom stereocenters. The summed E-state index contributed by atoms with van der Waals surface area (Å²) in [5, 5.41) is 4.64. The number of oxazole rings is 1. The highest BCUT2D eigenvalue weighted by Crippen LogP contribution is 2.29. The molecule has 1 fully saturated rings. The van der Waals surface area contributed by atoms with E-state index in [1.165, 1.54) is 12.1 Å². The molecule has 2 aromatic heterocycles. The van der Waals surface area contributed by atoms with Crippen LogP contribution in [0.5, 0.6) is 0 Å². The maximum absolute atomic E-state index is 13.4. The SMILES string of the molecule is O=c1cc2c(nn1CC1CCCN1c1nc3cc(F)ccc3o1)CCCC2. The molecule has 1 unspecified atom stereocenters. The van der Waals surface area contributed by atoms with Gasteiger partial charge in [0.2, 0.25) is 0 Å². The lowest BCUT2D eigenvalue weighted by Crippen LogP contribution is -2.38. The van der Waals surface area contributed by atoms with Crippen LogP contribution >= 0.6 is 0 Å². The molecular formula is C20H21FN4O2. The van der Waals surface area contributed by atoms with Crippen molar-refractivity contribution in [2.24, 2.45) is 0 Å². The molecule has 1 aliphatic heterocycles. The second-order valence-corrected chi connectivity index (χ2v) is 7.44. The summed E-state index contributed by atoms with van der Waals surface area (Å²) in [4.78, 5) is 19.0. The summed E-state index contributed by atoms with van der Waals surface area (Å²) in [5.41, 5.74) is 3.21. The molecule has 1 aliphatic carbocycles. The van der Waals surface area contributed by atoms with Crippen LogP contribution in [-0.4, -0.2) is 27.4 Å². The Balaban J connectivity index is 1.43. The maximum Gasteiger partial charge on any atom is 0.298 e. The van der Waals surface area contributed by atoms with Crippen LogP contribution in [0.2, 0.25) is 0 Å². The van der Waals surface area contributed by atoms with E-state index in [-0.39, 0.29) is 17.4 Å². The van der Waals surface area contributed by atoms with Crippen LogP contribution < -0.4 is 10.5 Å². The molecule has 1 saturated heterocycles. The summed E-state index contributed by atoms with van der Waals surface area (Å²) in [6.45, 7) is 1.32. The molecule has 0 bridgehead atoms. The van der Waals surface area contributed by atoms with Gasteiger partial charge in [-0.1, -0.05) is 0 Å². The second-order valence-electron chi connectivity index (χ2n) is 7.44. The van der Waals surface area contributed by atoms with Gasteiger partial charge in [-0.15, -0.1) is 0 Å². The van der Waals surface area contributed by atoms with Crippen molar-refractivity contribution in [3.8, 4) is 0 Å². The predicted molar refractivity (Wildman–Crippen MR) is 99.5 cm³/mol. The third-order valence-electron chi connectivity index (χ3n) is 5.62. The molecule has 3 aromatic rings. The summed E-state index contributed by atoms with van der Waals surface area (Å²) < 4.78 is 20.9. The van der Waals surface area contributed by atoms with Crippen molar-refractivity contribution >= 4 is 17.1 Å². The third-order valence-corrected chi connectivity index (χ3v) is 5.62. The van der Waals surface area contributed by atoms with Crippen molar-refractivity contribution in [2.45, 2.75) is 51.1 Å². The van der Waals surface area contributed by atoms with Crippen LogP contribution in [0.4, 0.5) is 10.4 Å². The van der Waals surface area contributed by atoms with Crippen molar-refractivity contribution < 1.29 is 8.81 Å². The van der Waals surface area contributed by atoms with E-state index in [1.807, 2.05) is 0 Å². The van der Waals surface area contributed by atoms with Gasteiger partial charge in [-0.2, -0.15) is 10.1 Å². The molecule has 2 aliphatic rings. The quantitative estimate of drug-likeness (QED) is 0.711. The Morgan fingerprint density at radius 3 is 3.00 bits per heavy atom. The van der Waals surface area contributed by atoms with Crippen LogP contribution in [0, 0.1) is 5.82 Å². The Morgan fingerprint density at radius 2 is 2.07 bits per heavy atom. The topological polar surface area (TPSA) is 64.2 Å². The van der Waals surface area contributed by atoms with Gasteiger partial charge in [0, 0.05) is 18.7 Å². The number of fused-ring (bicyclic) bond motifs is 2. The van der Waals surface area contributed by atoms with Gasteiger partial charge in [-0.25, -0.2) is 9.07 Å². The Hall–Kier alpha value is -2.70. The molecule has 6 nitrogen and oxygen atoms in total. The summed E-state index contributed by atoms with van der Waals surface area (Å²) in [7, 11) is 0. The molecule has 5 rings (SSSR count). The predicted octanol–water partition coefficient (Wildman–Crippen LogP) is 3.07. The van der Waals surface area contributed by atoms with Gasteiger partial charge in [0.05, 0.1) is 18.3 Å². The minimum atomic E-state index is -0.329. The smallest absolute Gasteiger partial charge is 0.298 e. The van der Waals surface area contributed by atoms with E-state index < -0.39 is 0 Å². The summed E-state index contributed by atoms with van der Waals surface area (Å²) >= 11 is 0. The van der Waals surface area contributed by atoms with Gasteiger partial charge in [0.15, 0.2) is 5.58 Å². The fourth-order valence-electron chi connectivity index (χ4n) is 4.22. The lowest BCUT2D eigenvalue weighted by Gasteiger charge is -2.24. The number of rotatable bonds is 3. The molecule has 1 aromatic carbocycles. The van der Waals surface area contributed by atoms with Crippen molar-refractivity contribution in [3.05, 3.63) is 51.7 Å². The summed E-state index contributed by atoms with van der Waals surface area (Å²) in [6, 6.07) is 6.68. The molecule has 140 valence electrons. The molecule has 0 saturated carbocycles. The number of hydrogen-bond acceptors (Lipinski definition) is 5. The normalized spacial score (nSPS) is 19.6. The lowest BCUT2D eigenvalue weighted by atomic mass is 9.97. The molecule has 0 spiro atoms. The zero-order valence-corrected chi connectivity index (χ0v) is 15.0. The number of nitrogens with zero attached hydrogens (tertiary/aromatic N) is 4. The number of halogens is 1. The molecular weight excluding hydrogens is 347 g/mol. The highest BCUT2D eigenvalue weighted by molar-refractivity contribution is 5.74. The fourth-order valence-corrected chi connectivity index (χ4v) is 4.22. The van der Waals surface area contributed by atoms with Crippen molar-refractivity contribution in [1.82, 2.24) is 14.8 Å². The molecule has 3 heterocycles. The Bertz CT molecular complexity index is 1060. The standard InChI is InChI=1S/C20H21FN4O2/c21-14-7-8-18-17(11-14)22-20(27-18)24-9-3-5-15(24)12-25-19(26)10-13-4-1-2-6-16(13)23-25/h7-8,10-11,15H,1-6,9,12H2. The van der Waals surface area contributed by atoms with E-state index >= 15 is 0 Å². The monoisotopic (exact) mass is 368 g/mol. The van der Waals surface area contributed by atoms with Crippen LogP contribution in [0.1, 0.15) is 36.9 Å². The minimum Gasteiger partial charge on any atom is -0.423 e. The first kappa shape index (κ1) is 16.5. The average Bonchev–Trinajstić information content (AvgIpc) is 3.28. The molecule has 27 heavy (non-hydrogen) atoms. The van der Waals surface area contributed by atoms with Crippen LogP contribution in [0.25, 0.3) is 11.1 Å². The summed E-state index contributed by atoms with van der Waals surface area (Å²) in [6.07, 6.45) is 6.10. The van der Waals surface area contributed by atoms with Crippen molar-refractivity contribution in [1.29, 1.82) is 0 Å². The lowest BCUT2D eigenvalue weighted by molar-refractivity contribution is 0.455. The van der Waals surface area contributed by atoms with Gasteiger partial charge >= 0.3 is 0 Å². The molecule has 7 heteroatoms. The van der Waals surface area contributed by atoms with Crippen LogP contribution in [0.15, 0.2) is 33.5 Å². The Kier molecular flexibility index (Phi) is 3.95. The van der Waals surface area contributed by atoms with Crippen molar-refractivity contribution in [3.63, 3.8) is 0 Å². The first-order valence-corrected chi connectivity index (χ1v) is 9.60. The van der Waals surface area contributed by atoms with Gasteiger partial charge in [0.25, 0.3) is 11.6 Å². The van der Waals surface area contributed by atoms with E-state index in [0.717, 1.165) is 56.3 Å². The number of benzene rings is 1. The summed E-state index contributed by atoms with van der Waals surface area (Å²) in [5.74, 6) is -0.329. The number of aryl methyl sites for hydroxylation is 2. The third kappa shape index (κ3) is 3.01. The number of aromatic nitrogens is 3. The molecule has 0 N–H and O–H groups in total. The van der Waals surface area contributed by atoms with E-state index in [0.29, 0.717) is 23.7 Å². The fraction of sp³-hybridized carbons (Fsp3) is 0.450. The number of hydrogen-bond donors (Lipinski definition) is 0. The highest BCUT2D eigenvalue weighted by atomic mass is 19.1. The van der Waals surface area contributed by atoms with Gasteiger partial charge < -0.3 is 9.32 Å². The van der Waals surface area contributed by atoms with Gasteiger partial charge in [-0.05, 0) is 56.2 Å². The Morgan fingerprint density at radius 1 is 1.19 bits per heavy atom. The van der Waals surface area contributed by atoms with E-state index in [9.17, 15) is 9.18 Å². The largest absolute Gasteiger partial charge is 0.423 e. The highest BCUT2D eigenvalue weighted by Gasteiger charge is 2.29. The van der Waals surface area contributed by atoms with E-state index in [1.54, 1.807) is 16.8 Å². The van der Waals surface area contributed by atoms with Gasteiger partial charge in [-0.3, -0.25) is 4.79 Å².